The smallest absolute Gasteiger partial charge is 0.241 e. The highest BCUT2D eigenvalue weighted by Crippen LogP contribution is 2.39. The molecule has 3 rings (SSSR count). The Morgan fingerprint density at radius 1 is 1.08 bits per heavy atom. The van der Waals surface area contributed by atoms with Crippen LogP contribution in [0.3, 0.4) is 0 Å². The fourth-order valence-corrected chi connectivity index (χ4v) is 2.87. The van der Waals surface area contributed by atoms with Crippen LogP contribution in [-0.4, -0.2) is 38.6 Å². The van der Waals surface area contributed by atoms with E-state index in [0.717, 1.165) is 11.3 Å². The zero-order valence-corrected chi connectivity index (χ0v) is 14.1. The van der Waals surface area contributed by atoms with Gasteiger partial charge in [-0.15, -0.1) is 0 Å². The van der Waals surface area contributed by atoms with Crippen LogP contribution in [0.5, 0.6) is 5.75 Å². The van der Waals surface area contributed by atoms with E-state index >= 15 is 0 Å². The lowest BCUT2D eigenvalue weighted by molar-refractivity contribution is -0.120. The van der Waals surface area contributed by atoms with Crippen molar-refractivity contribution in [3.8, 4) is 5.75 Å². The van der Waals surface area contributed by atoms with Gasteiger partial charge in [-0.1, -0.05) is 42.5 Å². The number of ether oxygens (including phenoxy) is 1. The predicted octanol–water partition coefficient (Wildman–Crippen LogP) is 1.49. The van der Waals surface area contributed by atoms with Crippen LogP contribution in [0.1, 0.15) is 11.6 Å². The minimum absolute atomic E-state index is 0.0745. The number of para-hydroxylation sites is 2. The predicted molar refractivity (Wildman–Crippen MR) is 95.5 cm³/mol. The molecule has 0 spiro atoms. The van der Waals surface area contributed by atoms with Gasteiger partial charge >= 0.3 is 0 Å². The van der Waals surface area contributed by atoms with Gasteiger partial charge in [0, 0.05) is 7.05 Å². The third-order valence-corrected chi connectivity index (χ3v) is 4.13. The molecule has 130 valence electrons. The van der Waals surface area contributed by atoms with Crippen LogP contribution in [0, 0.1) is 0 Å². The molecule has 1 atom stereocenters. The molecular formula is C19H21N3O3. The van der Waals surface area contributed by atoms with Crippen molar-refractivity contribution in [2.75, 3.05) is 31.6 Å². The number of nitrogens with zero attached hydrogens (tertiary/aromatic N) is 1. The van der Waals surface area contributed by atoms with Crippen LogP contribution in [0.4, 0.5) is 5.69 Å². The number of fused-ring (bicyclic) bond motifs is 1. The van der Waals surface area contributed by atoms with E-state index in [-0.39, 0.29) is 30.9 Å². The summed E-state index contributed by atoms with van der Waals surface area (Å²) in [7, 11) is 1.56. The van der Waals surface area contributed by atoms with Crippen LogP contribution >= 0.6 is 0 Å². The molecule has 2 amide bonds. The van der Waals surface area contributed by atoms with Crippen LogP contribution in [0.25, 0.3) is 0 Å². The number of rotatable bonds is 5. The maximum absolute atomic E-state index is 12.9. The first kappa shape index (κ1) is 17.0. The molecule has 0 saturated carbocycles. The summed E-state index contributed by atoms with van der Waals surface area (Å²) in [5.41, 5.74) is 1.76. The molecule has 2 aromatic rings. The number of nitrogens with one attached hydrogen (secondary N) is 2. The Bertz CT molecular complexity index is 749. The summed E-state index contributed by atoms with van der Waals surface area (Å²) in [4.78, 5) is 26.0. The van der Waals surface area contributed by atoms with Gasteiger partial charge in [0.15, 0.2) is 0 Å². The lowest BCUT2D eigenvalue weighted by Crippen LogP contribution is -2.46. The summed E-state index contributed by atoms with van der Waals surface area (Å²) < 4.78 is 5.85. The van der Waals surface area contributed by atoms with E-state index in [1.807, 2.05) is 54.6 Å². The molecule has 0 radical (unpaired) electrons. The summed E-state index contributed by atoms with van der Waals surface area (Å²) in [6.45, 7) is 0.567. The number of anilines is 1. The molecule has 1 aliphatic rings. The standard InChI is InChI=1S/C19H21N3O3/c1-20-18(23)11-21-12-19(24)22-15-9-5-6-10-17(15)25-13-16(22)14-7-3-2-4-8-14/h2-10,16,21H,11-13H2,1H3,(H,20,23)/t16-/m1/s1. The molecule has 0 saturated heterocycles. The molecule has 6 heteroatoms. The van der Waals surface area contributed by atoms with Gasteiger partial charge in [-0.3, -0.25) is 19.8 Å². The normalized spacial score (nSPS) is 15.9. The fraction of sp³-hybridized carbons (Fsp3) is 0.263. The highest BCUT2D eigenvalue weighted by molar-refractivity contribution is 5.97. The van der Waals surface area contributed by atoms with E-state index in [1.165, 1.54) is 0 Å². The van der Waals surface area contributed by atoms with E-state index in [9.17, 15) is 9.59 Å². The Balaban J connectivity index is 1.84. The molecule has 0 aromatic heterocycles. The zero-order chi connectivity index (χ0) is 17.6. The summed E-state index contributed by atoms with van der Waals surface area (Å²) in [6.07, 6.45) is 0. The van der Waals surface area contributed by atoms with Crippen molar-refractivity contribution in [1.82, 2.24) is 10.6 Å². The lowest BCUT2D eigenvalue weighted by Gasteiger charge is -2.37. The second-order valence-electron chi connectivity index (χ2n) is 5.75. The SMILES string of the molecule is CNC(=O)CNCC(=O)N1c2ccccc2OC[C@@H]1c1ccccc1. The number of benzene rings is 2. The minimum Gasteiger partial charge on any atom is -0.489 e. The van der Waals surface area contributed by atoms with Crippen molar-refractivity contribution in [2.45, 2.75) is 6.04 Å². The van der Waals surface area contributed by atoms with Gasteiger partial charge < -0.3 is 10.1 Å². The van der Waals surface area contributed by atoms with E-state index in [1.54, 1.807) is 11.9 Å². The molecule has 0 bridgehead atoms. The van der Waals surface area contributed by atoms with E-state index < -0.39 is 0 Å². The second-order valence-corrected chi connectivity index (χ2v) is 5.75. The van der Waals surface area contributed by atoms with Crippen molar-refractivity contribution in [3.63, 3.8) is 0 Å². The Morgan fingerprint density at radius 2 is 1.80 bits per heavy atom. The number of carbonyl (C=O) groups is 2. The third kappa shape index (κ3) is 3.80. The summed E-state index contributed by atoms with van der Waals surface area (Å²) in [5.74, 6) is 0.428. The summed E-state index contributed by atoms with van der Waals surface area (Å²) >= 11 is 0. The fourth-order valence-electron chi connectivity index (χ4n) is 2.87. The van der Waals surface area contributed by atoms with Gasteiger partial charge in [0.1, 0.15) is 12.4 Å². The molecule has 6 nitrogen and oxygen atoms in total. The van der Waals surface area contributed by atoms with Crippen molar-refractivity contribution in [2.24, 2.45) is 0 Å². The number of likely N-dealkylation sites (N-methyl/N-ethyl adjacent to an activating group) is 1. The van der Waals surface area contributed by atoms with Crippen molar-refractivity contribution in [1.29, 1.82) is 0 Å². The topological polar surface area (TPSA) is 70.7 Å². The van der Waals surface area contributed by atoms with Crippen LogP contribution < -0.4 is 20.3 Å². The number of hydrogen-bond acceptors (Lipinski definition) is 4. The van der Waals surface area contributed by atoms with Crippen molar-refractivity contribution >= 4 is 17.5 Å². The Labute approximate surface area is 146 Å². The molecular weight excluding hydrogens is 318 g/mol. The highest BCUT2D eigenvalue weighted by Gasteiger charge is 2.32. The Morgan fingerprint density at radius 3 is 2.56 bits per heavy atom. The first-order valence-electron chi connectivity index (χ1n) is 8.21. The van der Waals surface area contributed by atoms with E-state index in [2.05, 4.69) is 10.6 Å². The monoisotopic (exact) mass is 339 g/mol. The Kier molecular flexibility index (Phi) is 5.30. The van der Waals surface area contributed by atoms with E-state index in [0.29, 0.717) is 12.4 Å². The number of hydrogen-bond donors (Lipinski definition) is 2. The molecule has 0 aliphatic carbocycles. The van der Waals surface area contributed by atoms with Gasteiger partial charge in [0.25, 0.3) is 0 Å². The molecule has 0 fully saturated rings. The van der Waals surface area contributed by atoms with E-state index in [4.69, 9.17) is 4.74 Å². The first-order chi connectivity index (χ1) is 12.2. The number of carbonyl (C=O) groups excluding carboxylic acids is 2. The van der Waals surface area contributed by atoms with Crippen molar-refractivity contribution < 1.29 is 14.3 Å². The summed E-state index contributed by atoms with van der Waals surface area (Å²) in [6, 6.07) is 17.1. The zero-order valence-electron chi connectivity index (χ0n) is 14.1. The molecule has 25 heavy (non-hydrogen) atoms. The lowest BCUT2D eigenvalue weighted by atomic mass is 10.0. The second kappa shape index (κ2) is 7.81. The van der Waals surface area contributed by atoms with Gasteiger partial charge in [0.2, 0.25) is 11.8 Å². The van der Waals surface area contributed by atoms with Gasteiger partial charge in [-0.25, -0.2) is 0 Å². The average molecular weight is 339 g/mol. The maximum atomic E-state index is 12.9. The molecule has 2 aromatic carbocycles. The van der Waals surface area contributed by atoms with Gasteiger partial charge in [0.05, 0.1) is 24.8 Å². The van der Waals surface area contributed by atoms with Crippen LogP contribution in [0.2, 0.25) is 0 Å². The highest BCUT2D eigenvalue weighted by atomic mass is 16.5. The summed E-state index contributed by atoms with van der Waals surface area (Å²) in [5, 5.41) is 5.41. The molecule has 0 unspecified atom stereocenters. The maximum Gasteiger partial charge on any atom is 0.241 e. The average Bonchev–Trinajstić information content (AvgIpc) is 2.67. The van der Waals surface area contributed by atoms with Crippen LogP contribution in [-0.2, 0) is 9.59 Å². The number of amides is 2. The molecule has 2 N–H and O–H groups in total. The van der Waals surface area contributed by atoms with Gasteiger partial charge in [-0.05, 0) is 17.7 Å². The largest absolute Gasteiger partial charge is 0.489 e. The minimum atomic E-state index is -0.203. The quantitative estimate of drug-likeness (QED) is 0.866. The van der Waals surface area contributed by atoms with Crippen LogP contribution in [0.15, 0.2) is 54.6 Å². The third-order valence-electron chi connectivity index (χ3n) is 4.13. The Hall–Kier alpha value is -2.86. The molecule has 1 aliphatic heterocycles. The van der Waals surface area contributed by atoms with Gasteiger partial charge in [-0.2, -0.15) is 0 Å². The first-order valence-corrected chi connectivity index (χ1v) is 8.21. The van der Waals surface area contributed by atoms with Crippen molar-refractivity contribution in [3.05, 3.63) is 60.2 Å². The molecule has 1 heterocycles.